The van der Waals surface area contributed by atoms with Crippen LogP contribution in [0.1, 0.15) is 24.0 Å². The van der Waals surface area contributed by atoms with Crippen molar-refractivity contribution in [3.05, 3.63) is 78.1 Å². The number of carbonyl (C=O) groups is 1. The summed E-state index contributed by atoms with van der Waals surface area (Å²) >= 11 is 0. The number of anilines is 1. The number of aromatic nitrogens is 2. The number of hydrogen-bond donors (Lipinski definition) is 2. The minimum Gasteiger partial charge on any atom is -0.493 e. The van der Waals surface area contributed by atoms with Gasteiger partial charge in [0.1, 0.15) is 6.33 Å². The van der Waals surface area contributed by atoms with E-state index in [4.69, 9.17) is 9.47 Å². The van der Waals surface area contributed by atoms with Crippen LogP contribution in [-0.2, 0) is 17.4 Å². The summed E-state index contributed by atoms with van der Waals surface area (Å²) in [5, 5.41) is 6.98. The molecule has 7 nitrogen and oxygen atoms in total. The number of methoxy groups -OCH3 is 1. The SMILES string of the molecule is COc1cc2c(-c3ccc(NC(=O)Cc4ccc(C(F)(F)F)cc4)cc3)ncnc2cc1OC[C@H]1CCCNC1. The second-order valence-corrected chi connectivity index (χ2v) is 9.76. The molecule has 10 heteroatoms. The summed E-state index contributed by atoms with van der Waals surface area (Å²) in [5.41, 5.74) is 2.54. The van der Waals surface area contributed by atoms with Crippen molar-refractivity contribution in [2.75, 3.05) is 32.1 Å². The molecule has 0 saturated carbocycles. The first-order valence-electron chi connectivity index (χ1n) is 13.0. The number of nitrogens with one attached hydrogen (secondary N) is 2. The maximum Gasteiger partial charge on any atom is 0.416 e. The van der Waals surface area contributed by atoms with E-state index in [1.807, 2.05) is 24.3 Å². The molecule has 40 heavy (non-hydrogen) atoms. The van der Waals surface area contributed by atoms with Gasteiger partial charge in [-0.1, -0.05) is 24.3 Å². The van der Waals surface area contributed by atoms with Crippen molar-refractivity contribution in [1.29, 1.82) is 0 Å². The molecule has 3 aromatic carbocycles. The van der Waals surface area contributed by atoms with E-state index in [1.54, 1.807) is 19.2 Å². The van der Waals surface area contributed by atoms with Gasteiger partial charge in [-0.15, -0.1) is 0 Å². The lowest BCUT2D eigenvalue weighted by Gasteiger charge is -2.23. The standard InChI is InChI=1S/C30H29F3N4O3/c1-39-26-14-24-25(15-27(26)40-17-20-3-2-12-34-16-20)35-18-36-29(24)21-6-10-23(11-7-21)37-28(38)13-19-4-8-22(9-5-19)30(31,32)33/h4-11,14-15,18,20,34H,2-3,12-13,16-17H2,1H3,(H,37,38)/t20-/m0/s1. The second-order valence-electron chi connectivity index (χ2n) is 9.76. The Bertz CT molecular complexity index is 1470. The molecule has 0 unspecified atom stereocenters. The van der Waals surface area contributed by atoms with Gasteiger partial charge in [0.2, 0.25) is 5.91 Å². The van der Waals surface area contributed by atoms with Crippen LogP contribution in [0.25, 0.3) is 22.2 Å². The van der Waals surface area contributed by atoms with Crippen molar-refractivity contribution >= 4 is 22.5 Å². The lowest BCUT2D eigenvalue weighted by Crippen LogP contribution is -2.33. The Kier molecular flexibility index (Phi) is 8.16. The van der Waals surface area contributed by atoms with Gasteiger partial charge >= 0.3 is 6.18 Å². The van der Waals surface area contributed by atoms with Crippen LogP contribution in [0.5, 0.6) is 11.5 Å². The first-order valence-corrected chi connectivity index (χ1v) is 13.0. The summed E-state index contributed by atoms with van der Waals surface area (Å²) in [4.78, 5) is 21.4. The number of halogens is 3. The van der Waals surface area contributed by atoms with Crippen LogP contribution >= 0.6 is 0 Å². The highest BCUT2D eigenvalue weighted by molar-refractivity contribution is 5.95. The second kappa shape index (κ2) is 11.9. The van der Waals surface area contributed by atoms with Crippen molar-refractivity contribution < 1.29 is 27.4 Å². The number of benzene rings is 3. The van der Waals surface area contributed by atoms with E-state index >= 15 is 0 Å². The predicted molar refractivity (Wildman–Crippen MR) is 146 cm³/mol. The van der Waals surface area contributed by atoms with Crippen LogP contribution in [0.4, 0.5) is 18.9 Å². The molecule has 0 bridgehead atoms. The Balaban J connectivity index is 1.28. The van der Waals surface area contributed by atoms with Gasteiger partial charge in [-0.05, 0) is 55.3 Å². The van der Waals surface area contributed by atoms with Gasteiger partial charge in [-0.2, -0.15) is 13.2 Å². The third kappa shape index (κ3) is 6.51. The molecule has 208 valence electrons. The zero-order valence-electron chi connectivity index (χ0n) is 21.9. The molecule has 0 spiro atoms. The normalized spacial score (nSPS) is 15.6. The van der Waals surface area contributed by atoms with Gasteiger partial charge in [0, 0.05) is 35.2 Å². The fourth-order valence-corrected chi connectivity index (χ4v) is 4.75. The maximum absolute atomic E-state index is 12.8. The summed E-state index contributed by atoms with van der Waals surface area (Å²) in [7, 11) is 1.60. The quantitative estimate of drug-likeness (QED) is 0.285. The molecule has 0 aliphatic carbocycles. The number of fused-ring (bicyclic) bond motifs is 1. The molecule has 1 amide bonds. The third-order valence-corrected chi connectivity index (χ3v) is 6.88. The summed E-state index contributed by atoms with van der Waals surface area (Å²) < 4.78 is 50.0. The minimum atomic E-state index is -4.41. The van der Waals surface area contributed by atoms with Gasteiger partial charge in [0.05, 0.1) is 36.9 Å². The molecule has 0 radical (unpaired) electrons. The van der Waals surface area contributed by atoms with Crippen LogP contribution in [0, 0.1) is 5.92 Å². The number of nitrogens with zero attached hydrogens (tertiary/aromatic N) is 2. The van der Waals surface area contributed by atoms with E-state index in [-0.39, 0.29) is 12.3 Å². The summed E-state index contributed by atoms with van der Waals surface area (Å²) in [6, 6.07) is 15.5. The molecular weight excluding hydrogens is 521 g/mol. The topological polar surface area (TPSA) is 85.4 Å². The van der Waals surface area contributed by atoms with Crippen molar-refractivity contribution in [1.82, 2.24) is 15.3 Å². The smallest absolute Gasteiger partial charge is 0.416 e. The first-order chi connectivity index (χ1) is 19.3. The van der Waals surface area contributed by atoms with Crippen molar-refractivity contribution in [3.8, 4) is 22.8 Å². The third-order valence-electron chi connectivity index (χ3n) is 6.88. The van der Waals surface area contributed by atoms with Crippen molar-refractivity contribution in [3.63, 3.8) is 0 Å². The van der Waals surface area contributed by atoms with Crippen LogP contribution in [0.3, 0.4) is 0 Å². The van der Waals surface area contributed by atoms with E-state index in [2.05, 4.69) is 20.6 Å². The Morgan fingerprint density at radius 3 is 2.50 bits per heavy atom. The summed E-state index contributed by atoms with van der Waals surface area (Å²) in [6.45, 7) is 2.58. The van der Waals surface area contributed by atoms with Crippen molar-refractivity contribution in [2.24, 2.45) is 5.92 Å². The molecule has 1 atom stereocenters. The molecule has 1 saturated heterocycles. The lowest BCUT2D eigenvalue weighted by molar-refractivity contribution is -0.137. The molecular formula is C30H29F3N4O3. The zero-order chi connectivity index (χ0) is 28.1. The highest BCUT2D eigenvalue weighted by Gasteiger charge is 2.30. The van der Waals surface area contributed by atoms with Gasteiger partial charge in [-0.25, -0.2) is 9.97 Å². The maximum atomic E-state index is 12.8. The Morgan fingerprint density at radius 1 is 1.05 bits per heavy atom. The van der Waals surface area contributed by atoms with Gasteiger partial charge in [0.15, 0.2) is 11.5 Å². The number of ether oxygens (including phenoxy) is 2. The first kappa shape index (κ1) is 27.4. The van der Waals surface area contributed by atoms with Crippen LogP contribution in [-0.4, -0.2) is 42.7 Å². The molecule has 2 heterocycles. The fraction of sp³-hybridized carbons (Fsp3) is 0.300. The molecule has 5 rings (SSSR count). The number of carbonyl (C=O) groups excluding carboxylic acids is 1. The average Bonchev–Trinajstić information content (AvgIpc) is 2.96. The molecule has 2 N–H and O–H groups in total. The van der Waals surface area contributed by atoms with Gasteiger partial charge in [0.25, 0.3) is 0 Å². The summed E-state index contributed by atoms with van der Waals surface area (Å²) in [5.74, 6) is 1.35. The zero-order valence-corrected chi connectivity index (χ0v) is 21.9. The fourth-order valence-electron chi connectivity index (χ4n) is 4.75. The Hall–Kier alpha value is -4.18. The largest absolute Gasteiger partial charge is 0.493 e. The number of rotatable bonds is 8. The van der Waals surface area contributed by atoms with Crippen LogP contribution < -0.4 is 20.1 Å². The van der Waals surface area contributed by atoms with Crippen LogP contribution in [0.15, 0.2) is 67.0 Å². The summed E-state index contributed by atoms with van der Waals surface area (Å²) in [6.07, 6.45) is -0.691. The van der Waals surface area contributed by atoms with E-state index in [9.17, 15) is 18.0 Å². The van der Waals surface area contributed by atoms with E-state index in [1.165, 1.54) is 18.5 Å². The number of amides is 1. The monoisotopic (exact) mass is 550 g/mol. The average molecular weight is 551 g/mol. The molecule has 1 aliphatic heterocycles. The van der Waals surface area contributed by atoms with E-state index in [0.29, 0.717) is 41.0 Å². The number of hydrogen-bond acceptors (Lipinski definition) is 6. The Labute approximate surface area is 229 Å². The van der Waals surface area contributed by atoms with E-state index < -0.39 is 11.7 Å². The van der Waals surface area contributed by atoms with Crippen molar-refractivity contribution in [2.45, 2.75) is 25.4 Å². The van der Waals surface area contributed by atoms with Gasteiger partial charge < -0.3 is 20.1 Å². The van der Waals surface area contributed by atoms with Crippen LogP contribution in [0.2, 0.25) is 0 Å². The lowest BCUT2D eigenvalue weighted by atomic mass is 10.0. The number of piperidine rings is 1. The highest BCUT2D eigenvalue weighted by atomic mass is 19.4. The van der Waals surface area contributed by atoms with Gasteiger partial charge in [-0.3, -0.25) is 4.79 Å². The molecule has 1 fully saturated rings. The molecule has 1 aliphatic rings. The number of alkyl halides is 3. The van der Waals surface area contributed by atoms with E-state index in [0.717, 1.165) is 54.5 Å². The highest BCUT2D eigenvalue weighted by Crippen LogP contribution is 2.36. The molecule has 4 aromatic rings. The minimum absolute atomic E-state index is 0.0438. The Morgan fingerprint density at radius 2 is 1.82 bits per heavy atom. The molecule has 1 aromatic heterocycles. The predicted octanol–water partition coefficient (Wildman–Crippen LogP) is 5.88.